The summed E-state index contributed by atoms with van der Waals surface area (Å²) in [4.78, 5) is 25.1. The van der Waals surface area contributed by atoms with Gasteiger partial charge in [-0.3, -0.25) is 9.59 Å². The van der Waals surface area contributed by atoms with Crippen LogP contribution in [0.5, 0.6) is 0 Å². The van der Waals surface area contributed by atoms with Crippen LogP contribution >= 0.6 is 0 Å². The Balaban J connectivity index is 1.58. The van der Waals surface area contributed by atoms with Gasteiger partial charge in [-0.15, -0.1) is 0 Å². The maximum Gasteiger partial charge on any atom is 0.309 e. The van der Waals surface area contributed by atoms with E-state index in [1.54, 1.807) is 19.9 Å². The molecule has 1 aromatic heterocycles. The van der Waals surface area contributed by atoms with Crippen molar-refractivity contribution in [3.63, 3.8) is 0 Å². The molecule has 1 aromatic rings. The summed E-state index contributed by atoms with van der Waals surface area (Å²) in [6.07, 6.45) is 1.27. The van der Waals surface area contributed by atoms with Crippen LogP contribution in [0.4, 0.5) is 0 Å². The van der Waals surface area contributed by atoms with E-state index in [0.717, 1.165) is 5.69 Å². The average Bonchev–Trinajstić information content (AvgIpc) is 3.23. The number of sulfonamides is 1. The predicted octanol–water partition coefficient (Wildman–Crippen LogP) is 1.25. The van der Waals surface area contributed by atoms with Crippen LogP contribution in [0.25, 0.3) is 0 Å². The van der Waals surface area contributed by atoms with Gasteiger partial charge in [-0.25, -0.2) is 21.1 Å². The topological polar surface area (TPSA) is 120 Å². The van der Waals surface area contributed by atoms with Gasteiger partial charge in [-0.05, 0) is 46.1 Å². The highest BCUT2D eigenvalue weighted by molar-refractivity contribution is 7.91. The summed E-state index contributed by atoms with van der Waals surface area (Å²) < 4.78 is 56.0. The van der Waals surface area contributed by atoms with Crippen molar-refractivity contribution in [1.29, 1.82) is 0 Å². The van der Waals surface area contributed by atoms with Crippen molar-refractivity contribution in [2.45, 2.75) is 46.1 Å². The molecule has 0 N–H and O–H groups in total. The maximum absolute atomic E-state index is 12.7. The third-order valence-electron chi connectivity index (χ3n) is 6.25. The van der Waals surface area contributed by atoms with Gasteiger partial charge in [0.2, 0.25) is 15.8 Å². The first-order valence-electron chi connectivity index (χ1n) is 10.5. The van der Waals surface area contributed by atoms with Crippen molar-refractivity contribution in [3.8, 4) is 0 Å². The monoisotopic (exact) mass is 474 g/mol. The van der Waals surface area contributed by atoms with E-state index in [4.69, 9.17) is 4.74 Å². The van der Waals surface area contributed by atoms with E-state index in [1.807, 2.05) is 11.5 Å². The fourth-order valence-corrected chi connectivity index (χ4v) is 7.32. The lowest BCUT2D eigenvalue weighted by atomic mass is 9.98. The third kappa shape index (κ3) is 5.20. The van der Waals surface area contributed by atoms with Crippen molar-refractivity contribution in [2.75, 3.05) is 37.0 Å². The number of ether oxygens (including phenoxy) is 1. The number of aryl methyl sites for hydroxylation is 1. The number of nitrogens with zero attached hydrogens (tertiary/aromatic N) is 2. The molecule has 0 bridgehead atoms. The molecule has 174 valence electrons. The third-order valence-corrected chi connectivity index (χ3v) is 9.88. The van der Waals surface area contributed by atoms with E-state index < -0.39 is 31.7 Å². The van der Waals surface area contributed by atoms with Gasteiger partial charge in [0.15, 0.2) is 16.4 Å². The molecule has 11 heteroatoms. The molecule has 9 nitrogen and oxygen atoms in total. The van der Waals surface area contributed by atoms with E-state index in [0.29, 0.717) is 30.5 Å². The molecule has 3 heterocycles. The van der Waals surface area contributed by atoms with Gasteiger partial charge < -0.3 is 9.30 Å². The van der Waals surface area contributed by atoms with Gasteiger partial charge in [-0.1, -0.05) is 0 Å². The number of carbonyl (C=O) groups excluding carboxylic acids is 2. The molecule has 0 spiro atoms. The van der Waals surface area contributed by atoms with Crippen molar-refractivity contribution in [2.24, 2.45) is 5.92 Å². The summed E-state index contributed by atoms with van der Waals surface area (Å²) in [5, 5.41) is 0. The van der Waals surface area contributed by atoms with Crippen LogP contribution in [0.15, 0.2) is 6.07 Å². The minimum Gasteiger partial charge on any atom is -0.457 e. The molecule has 2 fully saturated rings. The Morgan fingerprint density at radius 1 is 1.16 bits per heavy atom. The zero-order valence-corrected chi connectivity index (χ0v) is 19.8. The van der Waals surface area contributed by atoms with E-state index in [-0.39, 0.29) is 48.8 Å². The highest BCUT2D eigenvalue weighted by Gasteiger charge is 2.33. The first kappa shape index (κ1) is 23.9. The summed E-state index contributed by atoms with van der Waals surface area (Å²) in [7, 11) is -6.32. The Hall–Kier alpha value is -1.72. The van der Waals surface area contributed by atoms with Gasteiger partial charge in [0, 0.05) is 36.1 Å². The largest absolute Gasteiger partial charge is 0.457 e. The van der Waals surface area contributed by atoms with Crippen LogP contribution in [0.3, 0.4) is 0 Å². The lowest BCUT2D eigenvalue weighted by molar-refractivity contribution is -0.148. The average molecular weight is 475 g/mol. The van der Waals surface area contributed by atoms with Gasteiger partial charge in [0.1, 0.15) is 0 Å². The predicted molar refractivity (Wildman–Crippen MR) is 115 cm³/mol. The molecule has 0 radical (unpaired) electrons. The number of hydrogen-bond acceptors (Lipinski definition) is 7. The number of Topliss-reactive ketones (excluding diaryl/α,β-unsaturated/α-hetero) is 1. The first-order valence-corrected chi connectivity index (χ1v) is 13.9. The molecule has 1 unspecified atom stereocenters. The molecule has 0 saturated carbocycles. The number of sulfone groups is 1. The fourth-order valence-electron chi connectivity index (χ4n) is 4.48. The van der Waals surface area contributed by atoms with Crippen LogP contribution in [-0.4, -0.2) is 74.4 Å². The molecule has 1 atom stereocenters. The van der Waals surface area contributed by atoms with Gasteiger partial charge in [0.05, 0.1) is 23.2 Å². The van der Waals surface area contributed by atoms with Crippen LogP contribution < -0.4 is 0 Å². The van der Waals surface area contributed by atoms with E-state index in [9.17, 15) is 26.4 Å². The Morgan fingerprint density at radius 2 is 1.81 bits per heavy atom. The molecule has 3 rings (SSSR count). The Labute approximate surface area is 183 Å². The number of rotatable bonds is 7. The Bertz CT molecular complexity index is 1070. The summed E-state index contributed by atoms with van der Waals surface area (Å²) in [6, 6.07) is 1.53. The Kier molecular flexibility index (Phi) is 6.97. The normalized spacial score (nSPS) is 22.5. The molecule has 0 aromatic carbocycles. The number of ketones is 1. The molecule has 2 aliphatic heterocycles. The zero-order chi connectivity index (χ0) is 23.0. The van der Waals surface area contributed by atoms with Crippen LogP contribution in [-0.2, 0) is 29.4 Å². The number of carbonyl (C=O) groups is 2. The van der Waals surface area contributed by atoms with E-state index in [1.165, 1.54) is 4.31 Å². The first-order chi connectivity index (χ1) is 14.4. The highest BCUT2D eigenvalue weighted by atomic mass is 32.2. The minimum atomic E-state index is -3.27. The molecule has 0 amide bonds. The summed E-state index contributed by atoms with van der Waals surface area (Å²) in [5.41, 5.74) is 1.91. The summed E-state index contributed by atoms with van der Waals surface area (Å²) in [5.74, 6) is -1.00. The highest BCUT2D eigenvalue weighted by Crippen LogP contribution is 2.29. The lowest BCUT2D eigenvalue weighted by Crippen LogP contribution is -2.41. The molecule has 2 saturated heterocycles. The quantitative estimate of drug-likeness (QED) is 0.431. The number of hydrogen-bond donors (Lipinski definition) is 0. The molecular weight excluding hydrogens is 444 g/mol. The fraction of sp³-hybridized carbons (Fsp3) is 0.700. The summed E-state index contributed by atoms with van der Waals surface area (Å²) >= 11 is 0. The van der Waals surface area contributed by atoms with Crippen molar-refractivity contribution in [1.82, 2.24) is 8.87 Å². The van der Waals surface area contributed by atoms with Crippen molar-refractivity contribution in [3.05, 3.63) is 23.0 Å². The number of piperidine rings is 1. The molecular formula is C20H30N2O7S2. The second-order valence-corrected chi connectivity index (χ2v) is 12.8. The van der Waals surface area contributed by atoms with Crippen LogP contribution in [0.1, 0.15) is 54.0 Å². The van der Waals surface area contributed by atoms with E-state index in [2.05, 4.69) is 0 Å². The van der Waals surface area contributed by atoms with Crippen LogP contribution in [0, 0.1) is 19.8 Å². The maximum atomic E-state index is 12.7. The minimum absolute atomic E-state index is 0.0296. The zero-order valence-electron chi connectivity index (χ0n) is 18.2. The van der Waals surface area contributed by atoms with E-state index >= 15 is 0 Å². The molecule has 31 heavy (non-hydrogen) atoms. The Morgan fingerprint density at radius 3 is 2.35 bits per heavy atom. The lowest BCUT2D eigenvalue weighted by Gasteiger charge is -2.29. The van der Waals surface area contributed by atoms with Crippen molar-refractivity contribution >= 4 is 31.6 Å². The van der Waals surface area contributed by atoms with Gasteiger partial charge in [-0.2, -0.15) is 0 Å². The number of aromatic nitrogens is 1. The SMILES string of the molecule is CCS(=O)(=O)N1CCC(C(=O)OCC(=O)c2cc(C)n(C3CCS(=O)(=O)C3)c2C)CC1. The molecule has 2 aliphatic rings. The standard InChI is InChI=1S/C20H30N2O7S2/c1-4-31(27,28)21-8-5-16(6-9-21)20(24)29-12-19(23)18-11-14(2)22(15(18)3)17-7-10-30(25,26)13-17/h11,16-17H,4-10,12-13H2,1-3H3. The molecule has 0 aliphatic carbocycles. The van der Waals surface area contributed by atoms with Gasteiger partial charge in [0.25, 0.3) is 0 Å². The number of esters is 1. The smallest absolute Gasteiger partial charge is 0.309 e. The second kappa shape index (κ2) is 9.03. The van der Waals surface area contributed by atoms with Crippen molar-refractivity contribution < 1.29 is 31.2 Å². The van der Waals surface area contributed by atoms with Gasteiger partial charge >= 0.3 is 5.97 Å². The van der Waals surface area contributed by atoms with Crippen LogP contribution in [0.2, 0.25) is 0 Å². The second-order valence-electron chi connectivity index (χ2n) is 8.32. The summed E-state index contributed by atoms with van der Waals surface area (Å²) in [6.45, 7) is 5.35.